The third kappa shape index (κ3) is 23.1. The normalized spacial score (nSPS) is 12.6. The first-order valence-electron chi connectivity index (χ1n) is 12.5. The summed E-state index contributed by atoms with van der Waals surface area (Å²) in [6.45, 7) is 4.60. The van der Waals surface area contributed by atoms with E-state index in [1.165, 1.54) is 57.8 Å². The third-order valence-corrected chi connectivity index (χ3v) is 5.25. The molecule has 10 heteroatoms. The topological polar surface area (TPSA) is 136 Å². The van der Waals surface area contributed by atoms with Gasteiger partial charge < -0.3 is 29.3 Å². The predicted molar refractivity (Wildman–Crippen MR) is 131 cm³/mol. The number of aliphatic carboxylic acids is 1. The number of carbonyl (C=O) groups is 1. The van der Waals surface area contributed by atoms with Gasteiger partial charge in [-0.25, -0.2) is 4.79 Å². The monoisotopic (exact) mass is 542 g/mol. The van der Waals surface area contributed by atoms with Crippen molar-refractivity contribution in [2.45, 2.75) is 110 Å². The van der Waals surface area contributed by atoms with Crippen LogP contribution in [0.3, 0.4) is 0 Å². The summed E-state index contributed by atoms with van der Waals surface area (Å²) in [4.78, 5) is 34.9. The molecule has 0 aliphatic rings. The van der Waals surface area contributed by atoms with E-state index in [4.69, 9.17) is 28.7 Å². The molecule has 0 aliphatic heterocycles. The molecular formula is C25H44KO8P. The fraction of sp³-hybridized carbons (Fsp3) is 0.720. The van der Waals surface area contributed by atoms with Crippen LogP contribution in [0.1, 0.15) is 104 Å². The van der Waals surface area contributed by atoms with E-state index in [2.05, 4.69) is 6.92 Å². The Balaban J connectivity index is 0. The zero-order valence-electron chi connectivity index (χ0n) is 21.8. The molecule has 35 heavy (non-hydrogen) atoms. The Morgan fingerprint density at radius 1 is 0.857 bits per heavy atom. The quantitative estimate of drug-likeness (QED) is 0.105. The molecule has 0 saturated carbocycles. The molecule has 0 aromatic heterocycles. The van der Waals surface area contributed by atoms with Crippen molar-refractivity contribution in [2.75, 3.05) is 6.61 Å². The smallest absolute Gasteiger partial charge is 0.756 e. The minimum absolute atomic E-state index is 0. The molecule has 0 aliphatic carbocycles. The van der Waals surface area contributed by atoms with E-state index >= 15 is 0 Å². The summed E-state index contributed by atoms with van der Waals surface area (Å²) in [6, 6.07) is 9.11. The number of carboxylic acids is 1. The fourth-order valence-electron chi connectivity index (χ4n) is 3.51. The Morgan fingerprint density at radius 3 is 1.69 bits per heavy atom. The molecule has 1 aromatic carbocycles. The second kappa shape index (κ2) is 23.3. The standard InChI is InChI=1S/C25H42O4.K.H3O4P/c1-3-5-6-7-8-9-10-11-12-13-14-18-21-25(24(26)27,28-22-4-2)29-23-19-16-15-17-20-23;;1-5(2,3)4/h15-17,19-20H,3-14,18,21-22H2,1-2H3,(H,26,27);;(H3,1,2,3,4)/q;+1;/p-1. The van der Waals surface area contributed by atoms with Crippen LogP contribution >= 0.6 is 7.82 Å². The van der Waals surface area contributed by atoms with Crippen molar-refractivity contribution in [3.05, 3.63) is 30.3 Å². The minimum Gasteiger partial charge on any atom is -0.756 e. The maximum Gasteiger partial charge on any atom is 1.00 e. The number of phosphoric acid groups is 1. The van der Waals surface area contributed by atoms with Crippen LogP contribution in [0, 0.1) is 0 Å². The van der Waals surface area contributed by atoms with E-state index in [-0.39, 0.29) is 51.4 Å². The van der Waals surface area contributed by atoms with E-state index in [0.717, 1.165) is 25.7 Å². The summed E-state index contributed by atoms with van der Waals surface area (Å²) in [5, 5.41) is 9.84. The van der Waals surface area contributed by atoms with Crippen LogP contribution in [-0.2, 0) is 14.1 Å². The molecule has 0 fully saturated rings. The van der Waals surface area contributed by atoms with E-state index in [0.29, 0.717) is 18.8 Å². The van der Waals surface area contributed by atoms with Crippen LogP contribution in [0.4, 0.5) is 0 Å². The number of rotatable bonds is 19. The molecule has 1 aromatic rings. The van der Waals surface area contributed by atoms with Crippen molar-refractivity contribution in [1.29, 1.82) is 0 Å². The van der Waals surface area contributed by atoms with Gasteiger partial charge in [-0.2, -0.15) is 0 Å². The van der Waals surface area contributed by atoms with Crippen molar-refractivity contribution in [3.63, 3.8) is 0 Å². The first-order chi connectivity index (χ1) is 16.1. The van der Waals surface area contributed by atoms with Gasteiger partial charge in [-0.05, 0) is 25.0 Å². The molecule has 0 amide bonds. The number of ether oxygens (including phenoxy) is 2. The van der Waals surface area contributed by atoms with Crippen LogP contribution in [0.2, 0.25) is 0 Å². The van der Waals surface area contributed by atoms with Crippen LogP contribution in [0.25, 0.3) is 0 Å². The van der Waals surface area contributed by atoms with Crippen LogP contribution in [-0.4, -0.2) is 33.3 Å². The summed E-state index contributed by atoms with van der Waals surface area (Å²) in [5.74, 6) is -2.10. The van der Waals surface area contributed by atoms with Gasteiger partial charge in [0.15, 0.2) is 0 Å². The number of unbranched alkanes of at least 4 members (excludes halogenated alkanes) is 11. The van der Waals surface area contributed by atoms with Crippen molar-refractivity contribution in [3.8, 4) is 5.75 Å². The first kappa shape index (κ1) is 37.3. The van der Waals surface area contributed by atoms with Crippen molar-refractivity contribution >= 4 is 13.8 Å². The Hall–Kier alpha value is 0.196. The zero-order valence-corrected chi connectivity index (χ0v) is 25.8. The van der Waals surface area contributed by atoms with E-state index in [1.807, 2.05) is 25.1 Å². The van der Waals surface area contributed by atoms with Gasteiger partial charge in [-0.3, -0.25) is 4.57 Å². The Bertz CT molecular complexity index is 662. The molecule has 0 heterocycles. The van der Waals surface area contributed by atoms with Gasteiger partial charge in [0.2, 0.25) is 0 Å². The van der Waals surface area contributed by atoms with Crippen LogP contribution in [0.15, 0.2) is 30.3 Å². The summed E-state index contributed by atoms with van der Waals surface area (Å²) < 4.78 is 20.3. The van der Waals surface area contributed by atoms with E-state index in [9.17, 15) is 9.90 Å². The molecule has 1 atom stereocenters. The largest absolute Gasteiger partial charge is 1.00 e. The van der Waals surface area contributed by atoms with Gasteiger partial charge in [0.05, 0.1) is 6.61 Å². The van der Waals surface area contributed by atoms with Gasteiger partial charge in [-0.1, -0.05) is 103 Å². The molecule has 8 nitrogen and oxygen atoms in total. The van der Waals surface area contributed by atoms with Gasteiger partial charge >= 0.3 is 63.1 Å². The van der Waals surface area contributed by atoms with Gasteiger partial charge in [0, 0.05) is 6.42 Å². The summed E-state index contributed by atoms with van der Waals surface area (Å²) >= 11 is 0. The molecule has 0 saturated heterocycles. The number of hydrogen-bond donors (Lipinski definition) is 3. The number of carboxylic acid groups (broad SMARTS) is 1. The predicted octanol–water partition coefficient (Wildman–Crippen LogP) is 2.81. The average Bonchev–Trinajstić information content (AvgIpc) is 2.77. The summed E-state index contributed by atoms with van der Waals surface area (Å²) in [6.07, 6.45) is 16.1. The molecule has 1 unspecified atom stereocenters. The van der Waals surface area contributed by atoms with Gasteiger partial charge in [0.25, 0.3) is 7.82 Å². The van der Waals surface area contributed by atoms with E-state index in [1.54, 1.807) is 12.1 Å². The SMILES string of the molecule is CCCCCCCCCCCCCCC(OCCC)(Oc1ccccc1)C(=O)O.O=P([O-])(O)O.[K+]. The first-order valence-corrected chi connectivity index (χ1v) is 14.1. The Kier molecular flexibility index (Phi) is 24.9. The molecule has 198 valence electrons. The molecule has 3 N–H and O–H groups in total. The molecule has 1 rings (SSSR count). The molecular weight excluding hydrogens is 498 g/mol. The molecule has 0 bridgehead atoms. The maximum absolute atomic E-state index is 12.0. The Labute approximate surface area is 253 Å². The summed E-state index contributed by atoms with van der Waals surface area (Å²) in [7, 11) is -4.89. The second-order valence-corrected chi connectivity index (χ2v) is 9.43. The second-order valence-electron chi connectivity index (χ2n) is 8.45. The van der Waals surface area contributed by atoms with Crippen LogP contribution < -0.4 is 61.0 Å². The number of benzene rings is 1. The van der Waals surface area contributed by atoms with Crippen molar-refractivity contribution in [2.24, 2.45) is 0 Å². The maximum atomic E-state index is 12.0. The summed E-state index contributed by atoms with van der Waals surface area (Å²) in [5.41, 5.74) is 0. The van der Waals surface area contributed by atoms with Crippen LogP contribution in [0.5, 0.6) is 5.75 Å². The third-order valence-electron chi connectivity index (χ3n) is 5.25. The fourth-order valence-corrected chi connectivity index (χ4v) is 3.51. The molecule has 0 radical (unpaired) electrons. The minimum atomic E-state index is -4.89. The average molecular weight is 543 g/mol. The van der Waals surface area contributed by atoms with E-state index < -0.39 is 19.6 Å². The zero-order chi connectivity index (χ0) is 25.7. The van der Waals surface area contributed by atoms with Crippen molar-refractivity contribution < 1.29 is 90.0 Å². The number of para-hydroxylation sites is 1. The Morgan fingerprint density at radius 2 is 1.29 bits per heavy atom. The van der Waals surface area contributed by atoms with Crippen molar-refractivity contribution in [1.82, 2.24) is 0 Å². The number of hydrogen-bond acceptors (Lipinski definition) is 5. The van der Waals surface area contributed by atoms with Gasteiger partial charge in [-0.15, -0.1) is 0 Å². The van der Waals surface area contributed by atoms with Gasteiger partial charge in [0.1, 0.15) is 5.75 Å². The molecule has 0 spiro atoms.